The van der Waals surface area contributed by atoms with Crippen LogP contribution >= 0.6 is 0 Å². The summed E-state index contributed by atoms with van der Waals surface area (Å²) in [5, 5.41) is 0. The van der Waals surface area contributed by atoms with Gasteiger partial charge in [0, 0.05) is 12.1 Å². The number of hydrogen-bond acceptors (Lipinski definition) is 2. The van der Waals surface area contributed by atoms with Gasteiger partial charge in [0.15, 0.2) is 0 Å². The zero-order valence-electron chi connectivity index (χ0n) is 10.9. The topological polar surface area (TPSA) is 35.2 Å². The third-order valence-corrected chi connectivity index (χ3v) is 3.62. The molecule has 17 heavy (non-hydrogen) atoms. The van der Waals surface area contributed by atoms with E-state index >= 15 is 0 Å². The lowest BCUT2D eigenvalue weighted by atomic mass is 9.75. The van der Waals surface area contributed by atoms with Crippen molar-refractivity contribution in [3.8, 4) is 0 Å². The summed E-state index contributed by atoms with van der Waals surface area (Å²) in [4.78, 5) is 0. The SMILES string of the molecule is CC(C)OCCC1(N)CCCc2ccccc21. The van der Waals surface area contributed by atoms with E-state index in [0.29, 0.717) is 0 Å². The number of hydrogen-bond donors (Lipinski definition) is 1. The molecule has 1 aromatic rings. The Hall–Kier alpha value is -0.860. The highest BCUT2D eigenvalue weighted by molar-refractivity contribution is 5.35. The first-order chi connectivity index (χ1) is 8.12. The summed E-state index contributed by atoms with van der Waals surface area (Å²) in [5.41, 5.74) is 9.15. The van der Waals surface area contributed by atoms with Gasteiger partial charge in [-0.3, -0.25) is 0 Å². The predicted octanol–water partition coefficient (Wildman–Crippen LogP) is 2.99. The predicted molar refractivity (Wildman–Crippen MR) is 71.0 cm³/mol. The first-order valence-electron chi connectivity index (χ1n) is 6.61. The Labute approximate surface area is 104 Å². The fourth-order valence-corrected chi connectivity index (χ4v) is 2.69. The van der Waals surface area contributed by atoms with Gasteiger partial charge in [0.1, 0.15) is 0 Å². The summed E-state index contributed by atoms with van der Waals surface area (Å²) >= 11 is 0. The van der Waals surface area contributed by atoms with E-state index in [2.05, 4.69) is 38.1 Å². The second kappa shape index (κ2) is 5.19. The van der Waals surface area contributed by atoms with Gasteiger partial charge < -0.3 is 10.5 Å². The van der Waals surface area contributed by atoms with Gasteiger partial charge in [-0.25, -0.2) is 0 Å². The van der Waals surface area contributed by atoms with Crippen LogP contribution in [0.5, 0.6) is 0 Å². The molecule has 2 rings (SSSR count). The highest BCUT2D eigenvalue weighted by Crippen LogP contribution is 2.35. The Morgan fingerprint density at radius 1 is 1.35 bits per heavy atom. The van der Waals surface area contributed by atoms with Gasteiger partial charge in [-0.15, -0.1) is 0 Å². The zero-order valence-corrected chi connectivity index (χ0v) is 10.9. The molecule has 0 amide bonds. The monoisotopic (exact) mass is 233 g/mol. The molecule has 0 aliphatic heterocycles. The van der Waals surface area contributed by atoms with Crippen molar-refractivity contribution < 1.29 is 4.74 Å². The molecular weight excluding hydrogens is 210 g/mol. The lowest BCUT2D eigenvalue weighted by molar-refractivity contribution is 0.0620. The molecule has 2 N–H and O–H groups in total. The Kier molecular flexibility index (Phi) is 3.85. The largest absolute Gasteiger partial charge is 0.379 e. The Bertz CT molecular complexity index is 375. The molecule has 0 fully saturated rings. The lowest BCUT2D eigenvalue weighted by Crippen LogP contribution is -2.41. The molecule has 0 aromatic heterocycles. The summed E-state index contributed by atoms with van der Waals surface area (Å²) < 4.78 is 5.64. The summed E-state index contributed by atoms with van der Waals surface area (Å²) in [6, 6.07) is 8.59. The molecule has 1 aliphatic carbocycles. The summed E-state index contributed by atoms with van der Waals surface area (Å²) in [5.74, 6) is 0. The molecule has 0 spiro atoms. The average Bonchev–Trinajstić information content (AvgIpc) is 2.29. The van der Waals surface area contributed by atoms with E-state index in [1.54, 1.807) is 0 Å². The van der Waals surface area contributed by atoms with Crippen LogP contribution < -0.4 is 5.73 Å². The molecule has 2 nitrogen and oxygen atoms in total. The second-order valence-electron chi connectivity index (χ2n) is 5.34. The van der Waals surface area contributed by atoms with Crippen molar-refractivity contribution in [2.24, 2.45) is 5.73 Å². The van der Waals surface area contributed by atoms with E-state index in [1.807, 2.05) is 0 Å². The van der Waals surface area contributed by atoms with Crippen LogP contribution in [0, 0.1) is 0 Å². The zero-order chi connectivity index (χ0) is 12.3. The number of ether oxygens (including phenoxy) is 1. The van der Waals surface area contributed by atoms with Crippen molar-refractivity contribution in [3.63, 3.8) is 0 Å². The molecule has 0 heterocycles. The molecular formula is C15H23NO. The summed E-state index contributed by atoms with van der Waals surface area (Å²) in [6.07, 6.45) is 4.64. The van der Waals surface area contributed by atoms with Gasteiger partial charge in [0.2, 0.25) is 0 Å². The van der Waals surface area contributed by atoms with Crippen LogP contribution in [-0.2, 0) is 16.7 Å². The lowest BCUT2D eigenvalue weighted by Gasteiger charge is -2.36. The van der Waals surface area contributed by atoms with Gasteiger partial charge in [-0.2, -0.15) is 0 Å². The standard InChI is InChI=1S/C15H23NO/c1-12(2)17-11-10-15(16)9-5-7-13-6-3-4-8-14(13)15/h3-4,6,8,12H,5,7,9-11,16H2,1-2H3. The maximum Gasteiger partial charge on any atom is 0.0518 e. The van der Waals surface area contributed by atoms with E-state index in [-0.39, 0.29) is 11.6 Å². The van der Waals surface area contributed by atoms with E-state index in [4.69, 9.17) is 10.5 Å². The molecule has 0 saturated carbocycles. The average molecular weight is 233 g/mol. The molecule has 1 unspecified atom stereocenters. The van der Waals surface area contributed by atoms with E-state index in [9.17, 15) is 0 Å². The molecule has 0 radical (unpaired) electrons. The molecule has 2 heteroatoms. The minimum Gasteiger partial charge on any atom is -0.379 e. The first-order valence-corrected chi connectivity index (χ1v) is 6.61. The highest BCUT2D eigenvalue weighted by Gasteiger charge is 2.31. The fraction of sp³-hybridized carbons (Fsp3) is 0.600. The number of benzene rings is 1. The number of aryl methyl sites for hydroxylation is 1. The minimum atomic E-state index is -0.177. The van der Waals surface area contributed by atoms with Crippen molar-refractivity contribution in [1.82, 2.24) is 0 Å². The Morgan fingerprint density at radius 3 is 2.88 bits per heavy atom. The normalized spacial score (nSPS) is 23.8. The highest BCUT2D eigenvalue weighted by atomic mass is 16.5. The first kappa shape index (κ1) is 12.6. The third-order valence-electron chi connectivity index (χ3n) is 3.62. The van der Waals surface area contributed by atoms with Crippen molar-refractivity contribution in [1.29, 1.82) is 0 Å². The van der Waals surface area contributed by atoms with Gasteiger partial charge >= 0.3 is 0 Å². The molecule has 1 aliphatic rings. The third kappa shape index (κ3) is 2.88. The van der Waals surface area contributed by atoms with Crippen LogP contribution in [0.3, 0.4) is 0 Å². The number of nitrogens with two attached hydrogens (primary N) is 1. The second-order valence-corrected chi connectivity index (χ2v) is 5.34. The van der Waals surface area contributed by atoms with E-state index in [1.165, 1.54) is 24.0 Å². The molecule has 0 saturated heterocycles. The van der Waals surface area contributed by atoms with Crippen molar-refractivity contribution in [3.05, 3.63) is 35.4 Å². The van der Waals surface area contributed by atoms with E-state index in [0.717, 1.165) is 19.4 Å². The maximum atomic E-state index is 6.58. The van der Waals surface area contributed by atoms with Crippen LogP contribution in [0.15, 0.2) is 24.3 Å². The quantitative estimate of drug-likeness (QED) is 0.867. The van der Waals surface area contributed by atoms with Crippen LogP contribution in [0.1, 0.15) is 44.2 Å². The van der Waals surface area contributed by atoms with Crippen LogP contribution in [0.2, 0.25) is 0 Å². The van der Waals surface area contributed by atoms with Gasteiger partial charge in [0.05, 0.1) is 6.10 Å². The van der Waals surface area contributed by atoms with Crippen LogP contribution in [0.25, 0.3) is 0 Å². The number of rotatable bonds is 4. The molecule has 1 atom stereocenters. The molecule has 94 valence electrons. The Balaban J connectivity index is 2.10. The Morgan fingerprint density at radius 2 is 2.12 bits per heavy atom. The van der Waals surface area contributed by atoms with Crippen LogP contribution in [0.4, 0.5) is 0 Å². The summed E-state index contributed by atoms with van der Waals surface area (Å²) in [6.45, 7) is 4.89. The van der Waals surface area contributed by atoms with Gasteiger partial charge in [-0.1, -0.05) is 24.3 Å². The van der Waals surface area contributed by atoms with Crippen molar-refractivity contribution >= 4 is 0 Å². The van der Waals surface area contributed by atoms with Gasteiger partial charge in [0.25, 0.3) is 0 Å². The van der Waals surface area contributed by atoms with Crippen molar-refractivity contribution in [2.75, 3.05) is 6.61 Å². The smallest absolute Gasteiger partial charge is 0.0518 e. The summed E-state index contributed by atoms with van der Waals surface area (Å²) in [7, 11) is 0. The number of fused-ring (bicyclic) bond motifs is 1. The molecule has 1 aromatic carbocycles. The maximum absolute atomic E-state index is 6.58. The van der Waals surface area contributed by atoms with Crippen molar-refractivity contribution in [2.45, 2.75) is 51.2 Å². The van der Waals surface area contributed by atoms with E-state index < -0.39 is 0 Å². The fourth-order valence-electron chi connectivity index (χ4n) is 2.69. The minimum absolute atomic E-state index is 0.177. The molecule has 0 bridgehead atoms. The van der Waals surface area contributed by atoms with Crippen LogP contribution in [-0.4, -0.2) is 12.7 Å². The van der Waals surface area contributed by atoms with Gasteiger partial charge in [-0.05, 0) is 50.7 Å².